The first-order valence-corrected chi connectivity index (χ1v) is 8.54. The minimum Gasteiger partial charge on any atom is -0.361 e. The van der Waals surface area contributed by atoms with Crippen LogP contribution in [0, 0.1) is 26.6 Å². The second kappa shape index (κ2) is 8.65. The molecule has 136 valence electrons. The molecule has 0 saturated carbocycles. The van der Waals surface area contributed by atoms with Crippen LogP contribution >= 0.6 is 0 Å². The van der Waals surface area contributed by atoms with Crippen molar-refractivity contribution in [2.24, 2.45) is 4.99 Å². The Kier molecular flexibility index (Phi) is 6.56. The van der Waals surface area contributed by atoms with Crippen LogP contribution in [-0.2, 0) is 6.42 Å². The Hall–Kier alpha value is -2.37. The largest absolute Gasteiger partial charge is 0.361 e. The highest BCUT2D eigenvalue weighted by molar-refractivity contribution is 5.79. The van der Waals surface area contributed by atoms with Crippen LogP contribution in [0.1, 0.15) is 41.0 Å². The number of guanidine groups is 1. The van der Waals surface area contributed by atoms with E-state index in [-0.39, 0.29) is 11.7 Å². The lowest BCUT2D eigenvalue weighted by Crippen LogP contribution is -2.40. The third-order valence-corrected chi connectivity index (χ3v) is 4.37. The second-order valence-electron chi connectivity index (χ2n) is 6.34. The molecule has 2 aromatic rings. The quantitative estimate of drug-likeness (QED) is 0.623. The van der Waals surface area contributed by atoms with E-state index in [0.29, 0.717) is 0 Å². The third kappa shape index (κ3) is 5.05. The van der Waals surface area contributed by atoms with Crippen LogP contribution in [0.2, 0.25) is 0 Å². The number of aryl methyl sites for hydroxylation is 3. The zero-order valence-electron chi connectivity index (χ0n) is 15.6. The van der Waals surface area contributed by atoms with Crippen molar-refractivity contribution in [2.75, 3.05) is 20.1 Å². The van der Waals surface area contributed by atoms with Crippen LogP contribution in [0.15, 0.2) is 27.7 Å². The average molecular weight is 346 g/mol. The van der Waals surface area contributed by atoms with Crippen molar-refractivity contribution in [3.63, 3.8) is 0 Å². The number of aromatic nitrogens is 1. The van der Waals surface area contributed by atoms with Crippen molar-refractivity contribution in [3.05, 3.63) is 52.2 Å². The van der Waals surface area contributed by atoms with Crippen LogP contribution < -0.4 is 10.6 Å². The number of nitrogens with one attached hydrogen (secondary N) is 2. The lowest BCUT2D eigenvalue weighted by atomic mass is 10.00. The minimum atomic E-state index is -0.194. The van der Waals surface area contributed by atoms with Gasteiger partial charge in [0.25, 0.3) is 0 Å². The molecule has 0 aliphatic carbocycles. The molecule has 0 fully saturated rings. The first kappa shape index (κ1) is 19.0. The monoisotopic (exact) mass is 346 g/mol. The van der Waals surface area contributed by atoms with E-state index in [4.69, 9.17) is 4.52 Å². The molecule has 0 aliphatic heterocycles. The molecule has 0 aliphatic rings. The highest BCUT2D eigenvalue weighted by Gasteiger charge is 2.16. The Morgan fingerprint density at radius 1 is 1.28 bits per heavy atom. The van der Waals surface area contributed by atoms with Gasteiger partial charge in [0.1, 0.15) is 11.6 Å². The van der Waals surface area contributed by atoms with Crippen molar-refractivity contribution in [3.8, 4) is 0 Å². The third-order valence-electron chi connectivity index (χ3n) is 4.37. The molecule has 0 spiro atoms. The highest BCUT2D eigenvalue weighted by Crippen LogP contribution is 2.22. The summed E-state index contributed by atoms with van der Waals surface area (Å²) in [6.07, 6.45) is 0.812. The summed E-state index contributed by atoms with van der Waals surface area (Å²) in [5.74, 6) is 1.68. The van der Waals surface area contributed by atoms with Crippen LogP contribution in [-0.4, -0.2) is 31.3 Å². The van der Waals surface area contributed by atoms with Gasteiger partial charge in [-0.05, 0) is 50.5 Å². The molecule has 1 aromatic carbocycles. The second-order valence-corrected chi connectivity index (χ2v) is 6.34. The molecule has 5 nitrogen and oxygen atoms in total. The first-order chi connectivity index (χ1) is 11.9. The lowest BCUT2D eigenvalue weighted by Gasteiger charge is -2.16. The van der Waals surface area contributed by atoms with Gasteiger partial charge >= 0.3 is 0 Å². The van der Waals surface area contributed by atoms with Gasteiger partial charge in [-0.25, -0.2) is 4.39 Å². The van der Waals surface area contributed by atoms with Crippen molar-refractivity contribution in [1.82, 2.24) is 15.8 Å². The van der Waals surface area contributed by atoms with Gasteiger partial charge in [0, 0.05) is 31.6 Å². The van der Waals surface area contributed by atoms with Gasteiger partial charge in [-0.2, -0.15) is 0 Å². The van der Waals surface area contributed by atoms with Gasteiger partial charge in [0.05, 0.1) is 5.69 Å². The van der Waals surface area contributed by atoms with Crippen molar-refractivity contribution in [1.29, 1.82) is 0 Å². The molecular formula is C19H27FN4O. The van der Waals surface area contributed by atoms with E-state index in [0.717, 1.165) is 53.6 Å². The summed E-state index contributed by atoms with van der Waals surface area (Å²) in [4.78, 5) is 4.25. The van der Waals surface area contributed by atoms with Crippen LogP contribution in [0.5, 0.6) is 0 Å². The number of halogens is 1. The zero-order valence-corrected chi connectivity index (χ0v) is 15.6. The van der Waals surface area contributed by atoms with E-state index in [1.54, 1.807) is 13.1 Å². The topological polar surface area (TPSA) is 62.5 Å². The zero-order chi connectivity index (χ0) is 18.4. The number of hydrogen-bond acceptors (Lipinski definition) is 3. The van der Waals surface area contributed by atoms with E-state index in [1.165, 1.54) is 6.07 Å². The Bertz CT molecular complexity index is 720. The maximum absolute atomic E-state index is 13.1. The van der Waals surface area contributed by atoms with E-state index in [1.807, 2.05) is 26.8 Å². The Morgan fingerprint density at radius 2 is 2.04 bits per heavy atom. The molecule has 1 heterocycles. The molecule has 0 bridgehead atoms. The minimum absolute atomic E-state index is 0.194. The number of benzene rings is 1. The molecule has 0 saturated heterocycles. The summed E-state index contributed by atoms with van der Waals surface area (Å²) in [5.41, 5.74) is 4.18. The normalized spacial score (nSPS) is 13.0. The highest BCUT2D eigenvalue weighted by atomic mass is 19.1. The van der Waals surface area contributed by atoms with E-state index in [9.17, 15) is 4.39 Å². The molecule has 2 N–H and O–H groups in total. The number of nitrogens with zero attached hydrogens (tertiary/aromatic N) is 2. The van der Waals surface area contributed by atoms with E-state index < -0.39 is 0 Å². The fourth-order valence-electron chi connectivity index (χ4n) is 3.02. The summed E-state index contributed by atoms with van der Waals surface area (Å²) in [7, 11) is 1.75. The van der Waals surface area contributed by atoms with Gasteiger partial charge in [0.15, 0.2) is 5.96 Å². The van der Waals surface area contributed by atoms with E-state index in [2.05, 4.69) is 27.7 Å². The molecule has 0 amide bonds. The molecular weight excluding hydrogens is 319 g/mol. The summed E-state index contributed by atoms with van der Waals surface area (Å²) in [5, 5.41) is 10.6. The Morgan fingerprint density at radius 3 is 2.64 bits per heavy atom. The summed E-state index contributed by atoms with van der Waals surface area (Å²) in [6, 6.07) is 4.90. The molecule has 1 unspecified atom stereocenters. The molecule has 25 heavy (non-hydrogen) atoms. The average Bonchev–Trinajstić information content (AvgIpc) is 2.91. The Balaban J connectivity index is 1.83. The van der Waals surface area contributed by atoms with Crippen LogP contribution in [0.25, 0.3) is 0 Å². The summed E-state index contributed by atoms with van der Waals surface area (Å²) in [6.45, 7) is 9.42. The van der Waals surface area contributed by atoms with Gasteiger partial charge < -0.3 is 15.2 Å². The molecule has 1 atom stereocenters. The summed E-state index contributed by atoms with van der Waals surface area (Å²) < 4.78 is 18.4. The maximum atomic E-state index is 13.1. The van der Waals surface area contributed by atoms with E-state index >= 15 is 0 Å². The summed E-state index contributed by atoms with van der Waals surface area (Å²) >= 11 is 0. The van der Waals surface area contributed by atoms with Crippen LogP contribution in [0.4, 0.5) is 4.39 Å². The van der Waals surface area contributed by atoms with Crippen molar-refractivity contribution in [2.45, 2.75) is 40.0 Å². The van der Waals surface area contributed by atoms with Crippen molar-refractivity contribution >= 4 is 5.96 Å². The maximum Gasteiger partial charge on any atom is 0.191 e. The lowest BCUT2D eigenvalue weighted by molar-refractivity contribution is 0.391. The number of rotatable bonds is 6. The standard InChI is InChI=1S/C19H27FN4O/c1-12-10-17(20)7-6-16(12)8-9-22-19(21-5)23-11-13(2)18-14(3)24-25-15(18)4/h6-7,10,13H,8-9,11H2,1-5H3,(H2,21,22,23). The predicted octanol–water partition coefficient (Wildman–Crippen LogP) is 3.25. The SMILES string of the molecule is CN=C(NCCc1ccc(F)cc1C)NCC(C)c1c(C)noc1C. The van der Waals surface area contributed by atoms with Gasteiger partial charge in [-0.3, -0.25) is 4.99 Å². The first-order valence-electron chi connectivity index (χ1n) is 8.54. The molecule has 2 rings (SSSR count). The number of hydrogen-bond donors (Lipinski definition) is 2. The fourth-order valence-corrected chi connectivity index (χ4v) is 3.02. The smallest absolute Gasteiger partial charge is 0.191 e. The van der Waals surface area contributed by atoms with Crippen LogP contribution in [0.3, 0.4) is 0 Å². The predicted molar refractivity (Wildman–Crippen MR) is 98.6 cm³/mol. The van der Waals surface area contributed by atoms with Gasteiger partial charge in [-0.1, -0.05) is 18.1 Å². The van der Waals surface area contributed by atoms with Gasteiger partial charge in [-0.15, -0.1) is 0 Å². The molecule has 1 aromatic heterocycles. The fraction of sp³-hybridized carbons (Fsp3) is 0.474. The number of aliphatic imine (C=N–C) groups is 1. The molecule has 0 radical (unpaired) electrons. The van der Waals surface area contributed by atoms with Crippen molar-refractivity contribution < 1.29 is 8.91 Å². The van der Waals surface area contributed by atoms with Gasteiger partial charge in [0.2, 0.25) is 0 Å². The molecule has 6 heteroatoms. The Labute approximate surface area is 148 Å².